The van der Waals surface area contributed by atoms with Gasteiger partial charge in [-0.1, -0.05) is 0 Å². The molecule has 0 bridgehead atoms. The van der Waals surface area contributed by atoms with E-state index >= 15 is 0 Å². The number of carbonyl (C=O) groups is 1. The molecule has 98 valence electrons. The minimum Gasteiger partial charge on any atom is -0.385 e. The summed E-state index contributed by atoms with van der Waals surface area (Å²) in [7, 11) is 0. The molecule has 2 rings (SSSR count). The topological polar surface area (TPSA) is 84.6 Å². The van der Waals surface area contributed by atoms with Crippen molar-refractivity contribution in [2.24, 2.45) is 11.7 Å². The van der Waals surface area contributed by atoms with Gasteiger partial charge in [0.05, 0.1) is 11.6 Å². The fraction of sp³-hybridized carbons (Fsp3) is 0.917. The molecule has 3 unspecified atom stereocenters. The smallest absolute Gasteiger partial charge is 0.240 e. The number of ether oxygens (including phenoxy) is 1. The molecule has 0 spiro atoms. The van der Waals surface area contributed by atoms with E-state index in [9.17, 15) is 9.90 Å². The molecule has 17 heavy (non-hydrogen) atoms. The molecule has 0 aromatic carbocycles. The normalized spacial score (nSPS) is 36.6. The summed E-state index contributed by atoms with van der Waals surface area (Å²) in [4.78, 5) is 12.0. The number of nitrogens with one attached hydrogen (secondary N) is 1. The summed E-state index contributed by atoms with van der Waals surface area (Å²) >= 11 is 0. The van der Waals surface area contributed by atoms with Gasteiger partial charge in [-0.3, -0.25) is 4.79 Å². The van der Waals surface area contributed by atoms with Gasteiger partial charge in [0, 0.05) is 19.6 Å². The Labute approximate surface area is 102 Å². The standard InChI is InChI=1S/C12H22N2O3/c1-8-12(16,5-6-17-8)7-14-10(15)11(2,13)9-3-4-9/h8-9,16H,3-7,13H2,1-2H3,(H,14,15). The van der Waals surface area contributed by atoms with E-state index in [4.69, 9.17) is 10.5 Å². The van der Waals surface area contributed by atoms with Crippen molar-refractivity contribution in [2.75, 3.05) is 13.2 Å². The van der Waals surface area contributed by atoms with E-state index < -0.39 is 11.1 Å². The number of aliphatic hydroxyl groups is 1. The van der Waals surface area contributed by atoms with Crippen molar-refractivity contribution in [3.8, 4) is 0 Å². The lowest BCUT2D eigenvalue weighted by atomic mass is 9.93. The molecule has 1 saturated heterocycles. The Morgan fingerprint density at radius 2 is 2.29 bits per heavy atom. The van der Waals surface area contributed by atoms with E-state index in [1.54, 1.807) is 6.92 Å². The number of carbonyl (C=O) groups excluding carboxylic acids is 1. The van der Waals surface area contributed by atoms with E-state index in [1.807, 2.05) is 6.92 Å². The lowest BCUT2D eigenvalue weighted by Gasteiger charge is -2.29. The first-order chi connectivity index (χ1) is 7.86. The van der Waals surface area contributed by atoms with E-state index in [0.29, 0.717) is 13.0 Å². The van der Waals surface area contributed by atoms with Crippen LogP contribution < -0.4 is 11.1 Å². The number of nitrogens with two attached hydrogens (primary N) is 1. The first-order valence-electron chi connectivity index (χ1n) is 6.27. The van der Waals surface area contributed by atoms with Crippen LogP contribution in [-0.4, -0.2) is 41.4 Å². The van der Waals surface area contributed by atoms with Crippen LogP contribution in [0.3, 0.4) is 0 Å². The van der Waals surface area contributed by atoms with Gasteiger partial charge in [-0.05, 0) is 32.6 Å². The molecule has 2 aliphatic rings. The van der Waals surface area contributed by atoms with E-state index in [2.05, 4.69) is 5.32 Å². The quantitative estimate of drug-likeness (QED) is 0.636. The van der Waals surface area contributed by atoms with Crippen molar-refractivity contribution in [2.45, 2.75) is 50.4 Å². The average Bonchev–Trinajstić information content (AvgIpc) is 3.05. The Balaban J connectivity index is 1.87. The van der Waals surface area contributed by atoms with Crippen LogP contribution in [-0.2, 0) is 9.53 Å². The lowest BCUT2D eigenvalue weighted by Crippen LogP contribution is -2.57. The summed E-state index contributed by atoms with van der Waals surface area (Å²) in [5.41, 5.74) is 4.25. The highest BCUT2D eigenvalue weighted by atomic mass is 16.5. The summed E-state index contributed by atoms with van der Waals surface area (Å²) in [5, 5.41) is 13.0. The van der Waals surface area contributed by atoms with Crippen LogP contribution in [0.5, 0.6) is 0 Å². The van der Waals surface area contributed by atoms with Crippen molar-refractivity contribution in [1.82, 2.24) is 5.32 Å². The second kappa shape index (κ2) is 4.23. The maximum absolute atomic E-state index is 12.0. The van der Waals surface area contributed by atoms with Crippen LogP contribution in [0.1, 0.15) is 33.1 Å². The predicted molar refractivity (Wildman–Crippen MR) is 63.3 cm³/mol. The highest BCUT2D eigenvalue weighted by Crippen LogP contribution is 2.38. The third-order valence-electron chi connectivity index (χ3n) is 4.13. The largest absolute Gasteiger partial charge is 0.385 e. The average molecular weight is 242 g/mol. The molecular formula is C12H22N2O3. The van der Waals surface area contributed by atoms with Crippen LogP contribution in [0.2, 0.25) is 0 Å². The summed E-state index contributed by atoms with van der Waals surface area (Å²) in [6.45, 7) is 4.34. The van der Waals surface area contributed by atoms with E-state index in [1.165, 1.54) is 0 Å². The number of amides is 1. The zero-order valence-corrected chi connectivity index (χ0v) is 10.5. The van der Waals surface area contributed by atoms with Crippen molar-refractivity contribution < 1.29 is 14.6 Å². The van der Waals surface area contributed by atoms with Gasteiger partial charge in [-0.25, -0.2) is 0 Å². The Bertz CT molecular complexity index is 315. The zero-order chi connectivity index (χ0) is 12.7. The molecule has 1 saturated carbocycles. The number of rotatable bonds is 4. The minimum atomic E-state index is -0.949. The molecule has 0 radical (unpaired) electrons. The predicted octanol–water partition coefficient (Wildman–Crippen LogP) is -0.230. The molecule has 1 aliphatic heterocycles. The van der Waals surface area contributed by atoms with E-state index in [0.717, 1.165) is 12.8 Å². The van der Waals surface area contributed by atoms with Crippen LogP contribution in [0.4, 0.5) is 0 Å². The Hall–Kier alpha value is -0.650. The van der Waals surface area contributed by atoms with Crippen molar-refractivity contribution >= 4 is 5.91 Å². The zero-order valence-electron chi connectivity index (χ0n) is 10.5. The Morgan fingerprint density at radius 1 is 1.65 bits per heavy atom. The molecule has 1 heterocycles. The van der Waals surface area contributed by atoms with Gasteiger partial charge in [0.1, 0.15) is 5.60 Å². The van der Waals surface area contributed by atoms with E-state index in [-0.39, 0.29) is 24.5 Å². The SMILES string of the molecule is CC1OCCC1(O)CNC(=O)C(C)(N)C1CC1. The third kappa shape index (κ3) is 2.46. The molecule has 3 atom stereocenters. The first kappa shape index (κ1) is 12.8. The minimum absolute atomic E-state index is 0.174. The highest BCUT2D eigenvalue weighted by molar-refractivity contribution is 5.86. The summed E-state index contributed by atoms with van der Waals surface area (Å²) < 4.78 is 5.31. The van der Waals surface area contributed by atoms with Gasteiger partial charge >= 0.3 is 0 Å². The molecule has 5 nitrogen and oxygen atoms in total. The summed E-state index contributed by atoms with van der Waals surface area (Å²) in [6, 6.07) is 0. The van der Waals surface area contributed by atoms with Crippen LogP contribution >= 0.6 is 0 Å². The fourth-order valence-electron chi connectivity index (χ4n) is 2.30. The molecule has 0 aromatic rings. The summed E-state index contributed by atoms with van der Waals surface area (Å²) in [6.07, 6.45) is 2.35. The summed E-state index contributed by atoms with van der Waals surface area (Å²) in [5.74, 6) is 0.113. The van der Waals surface area contributed by atoms with Gasteiger partial charge < -0.3 is 20.9 Å². The molecule has 0 aromatic heterocycles. The molecule has 5 heteroatoms. The number of hydrogen-bond acceptors (Lipinski definition) is 4. The highest BCUT2D eigenvalue weighted by Gasteiger charge is 2.45. The molecule has 1 aliphatic carbocycles. The second-order valence-corrected chi connectivity index (χ2v) is 5.61. The van der Waals surface area contributed by atoms with Crippen molar-refractivity contribution in [1.29, 1.82) is 0 Å². The Morgan fingerprint density at radius 3 is 2.76 bits per heavy atom. The van der Waals surface area contributed by atoms with Crippen LogP contribution in [0, 0.1) is 5.92 Å². The molecule has 2 fully saturated rings. The maximum Gasteiger partial charge on any atom is 0.240 e. The number of hydrogen-bond donors (Lipinski definition) is 3. The fourth-order valence-corrected chi connectivity index (χ4v) is 2.30. The lowest BCUT2D eigenvalue weighted by molar-refractivity contribution is -0.128. The molecule has 4 N–H and O–H groups in total. The third-order valence-corrected chi connectivity index (χ3v) is 4.13. The van der Waals surface area contributed by atoms with Gasteiger partial charge in [0.2, 0.25) is 5.91 Å². The first-order valence-corrected chi connectivity index (χ1v) is 6.27. The molecular weight excluding hydrogens is 220 g/mol. The van der Waals surface area contributed by atoms with Gasteiger partial charge in [-0.2, -0.15) is 0 Å². The Kier molecular flexibility index (Phi) is 3.18. The van der Waals surface area contributed by atoms with Crippen LogP contribution in [0.25, 0.3) is 0 Å². The van der Waals surface area contributed by atoms with Crippen LogP contribution in [0.15, 0.2) is 0 Å². The van der Waals surface area contributed by atoms with Gasteiger partial charge in [0.15, 0.2) is 0 Å². The van der Waals surface area contributed by atoms with Crippen molar-refractivity contribution in [3.63, 3.8) is 0 Å². The van der Waals surface area contributed by atoms with Gasteiger partial charge in [0.25, 0.3) is 0 Å². The molecule has 1 amide bonds. The van der Waals surface area contributed by atoms with Crippen molar-refractivity contribution in [3.05, 3.63) is 0 Å². The maximum atomic E-state index is 12.0. The second-order valence-electron chi connectivity index (χ2n) is 5.61. The van der Waals surface area contributed by atoms with Gasteiger partial charge in [-0.15, -0.1) is 0 Å². The monoisotopic (exact) mass is 242 g/mol.